The summed E-state index contributed by atoms with van der Waals surface area (Å²) in [5.41, 5.74) is 4.31. The van der Waals surface area contributed by atoms with Crippen molar-refractivity contribution in [2.45, 2.75) is 51.6 Å². The van der Waals surface area contributed by atoms with Crippen LogP contribution in [0.4, 0.5) is 0 Å². The maximum atomic E-state index is 13.6. The topological polar surface area (TPSA) is 38.1 Å². The second-order valence-electron chi connectivity index (χ2n) is 8.70. The summed E-state index contributed by atoms with van der Waals surface area (Å²) in [6.07, 6.45) is 9.58. The largest absolute Gasteiger partial charge is 0.298 e. The number of nitrogens with zero attached hydrogens (tertiary/aromatic N) is 3. The summed E-state index contributed by atoms with van der Waals surface area (Å²) in [4.78, 5) is 20.7. The minimum Gasteiger partial charge on any atom is -0.298 e. The van der Waals surface area contributed by atoms with E-state index < -0.39 is 0 Å². The second-order valence-corrected chi connectivity index (χ2v) is 8.70. The van der Waals surface area contributed by atoms with Crippen LogP contribution in [0.25, 0.3) is 11.0 Å². The SMILES string of the molecule is O=c1c2c(c3cccnc3n1Cc1ccccc1)CCN(CC1CCCCC1)C2. The zero-order chi connectivity index (χ0) is 19.6. The van der Waals surface area contributed by atoms with E-state index in [4.69, 9.17) is 0 Å². The molecule has 1 aliphatic carbocycles. The predicted octanol–water partition coefficient (Wildman–Crippen LogP) is 4.38. The highest BCUT2D eigenvalue weighted by atomic mass is 16.1. The summed E-state index contributed by atoms with van der Waals surface area (Å²) in [6.45, 7) is 3.55. The highest BCUT2D eigenvalue weighted by molar-refractivity contribution is 5.80. The van der Waals surface area contributed by atoms with Gasteiger partial charge in [-0.2, -0.15) is 0 Å². The van der Waals surface area contributed by atoms with Crippen LogP contribution < -0.4 is 5.56 Å². The molecule has 29 heavy (non-hydrogen) atoms. The molecule has 1 saturated carbocycles. The van der Waals surface area contributed by atoms with Crippen LogP contribution in [0.15, 0.2) is 53.5 Å². The lowest BCUT2D eigenvalue weighted by Crippen LogP contribution is -2.40. The van der Waals surface area contributed by atoms with E-state index in [9.17, 15) is 4.79 Å². The van der Waals surface area contributed by atoms with Gasteiger partial charge in [-0.05, 0) is 48.4 Å². The van der Waals surface area contributed by atoms with Crippen LogP contribution in [-0.4, -0.2) is 27.5 Å². The molecule has 150 valence electrons. The molecule has 1 fully saturated rings. The van der Waals surface area contributed by atoms with E-state index in [1.165, 1.54) is 37.7 Å². The van der Waals surface area contributed by atoms with Gasteiger partial charge in [0.15, 0.2) is 0 Å². The van der Waals surface area contributed by atoms with Gasteiger partial charge in [-0.1, -0.05) is 49.6 Å². The summed E-state index contributed by atoms with van der Waals surface area (Å²) < 4.78 is 1.88. The monoisotopic (exact) mass is 387 g/mol. The van der Waals surface area contributed by atoms with Crippen molar-refractivity contribution in [3.8, 4) is 0 Å². The van der Waals surface area contributed by atoms with Gasteiger partial charge in [-0.3, -0.25) is 14.3 Å². The average Bonchev–Trinajstić information content (AvgIpc) is 2.78. The van der Waals surface area contributed by atoms with Crippen LogP contribution >= 0.6 is 0 Å². The lowest BCUT2D eigenvalue weighted by atomic mass is 9.88. The first-order chi connectivity index (χ1) is 14.3. The smallest absolute Gasteiger partial charge is 0.257 e. The van der Waals surface area contributed by atoms with E-state index in [2.05, 4.69) is 28.1 Å². The molecule has 1 aromatic carbocycles. The van der Waals surface area contributed by atoms with Gasteiger partial charge in [0, 0.05) is 36.8 Å². The molecule has 5 rings (SSSR count). The first kappa shape index (κ1) is 18.6. The van der Waals surface area contributed by atoms with E-state index in [0.29, 0.717) is 6.54 Å². The Balaban J connectivity index is 1.52. The third kappa shape index (κ3) is 3.74. The third-order valence-corrected chi connectivity index (χ3v) is 6.72. The molecule has 0 radical (unpaired) electrons. The number of benzene rings is 1. The van der Waals surface area contributed by atoms with Crippen LogP contribution in [0.2, 0.25) is 0 Å². The summed E-state index contributed by atoms with van der Waals surface area (Å²) >= 11 is 0. The second kappa shape index (κ2) is 8.11. The highest BCUT2D eigenvalue weighted by Crippen LogP contribution is 2.28. The van der Waals surface area contributed by atoms with Crippen molar-refractivity contribution in [1.82, 2.24) is 14.5 Å². The number of fused-ring (bicyclic) bond motifs is 3. The summed E-state index contributed by atoms with van der Waals surface area (Å²) in [7, 11) is 0. The minimum absolute atomic E-state index is 0.142. The molecular formula is C25H29N3O. The number of aromatic nitrogens is 2. The average molecular weight is 388 g/mol. The van der Waals surface area contributed by atoms with Gasteiger partial charge < -0.3 is 0 Å². The predicted molar refractivity (Wildman–Crippen MR) is 117 cm³/mol. The van der Waals surface area contributed by atoms with Gasteiger partial charge >= 0.3 is 0 Å². The lowest BCUT2D eigenvalue weighted by molar-refractivity contribution is 0.186. The van der Waals surface area contributed by atoms with Gasteiger partial charge in [0.2, 0.25) is 0 Å². The quantitative estimate of drug-likeness (QED) is 0.667. The van der Waals surface area contributed by atoms with Gasteiger partial charge in [0.1, 0.15) is 5.65 Å². The molecule has 2 aliphatic rings. The molecular weight excluding hydrogens is 358 g/mol. The van der Waals surface area contributed by atoms with Crippen LogP contribution in [0, 0.1) is 5.92 Å². The zero-order valence-corrected chi connectivity index (χ0v) is 17.0. The Hall–Kier alpha value is -2.46. The molecule has 3 aromatic rings. The van der Waals surface area contributed by atoms with E-state index in [1.54, 1.807) is 6.20 Å². The van der Waals surface area contributed by atoms with Gasteiger partial charge in [0.05, 0.1) is 6.54 Å². The maximum Gasteiger partial charge on any atom is 0.257 e. The standard InChI is InChI=1S/C25H29N3O/c29-25-23-18-27(16-19-8-3-1-4-9-19)15-13-21(23)22-12-7-14-26-24(22)28(25)17-20-10-5-2-6-11-20/h2,5-7,10-12,14,19H,1,3-4,8-9,13,15-18H2. The number of hydrogen-bond acceptors (Lipinski definition) is 3. The molecule has 2 aromatic heterocycles. The molecule has 4 heteroatoms. The van der Waals surface area contributed by atoms with Crippen molar-refractivity contribution in [1.29, 1.82) is 0 Å². The molecule has 0 spiro atoms. The van der Waals surface area contributed by atoms with Crippen molar-refractivity contribution in [3.63, 3.8) is 0 Å². The van der Waals surface area contributed by atoms with Crippen LogP contribution in [0.3, 0.4) is 0 Å². The normalized spacial score (nSPS) is 18.1. The van der Waals surface area contributed by atoms with Crippen molar-refractivity contribution in [3.05, 3.63) is 75.7 Å². The Kier molecular flexibility index (Phi) is 5.19. The first-order valence-electron chi connectivity index (χ1n) is 11.0. The Morgan fingerprint density at radius 1 is 0.966 bits per heavy atom. The fourth-order valence-corrected chi connectivity index (χ4v) is 5.22. The Labute approximate surface area is 172 Å². The molecule has 0 atom stereocenters. The molecule has 4 nitrogen and oxygen atoms in total. The van der Waals surface area contributed by atoms with Gasteiger partial charge in [-0.15, -0.1) is 0 Å². The highest BCUT2D eigenvalue weighted by Gasteiger charge is 2.26. The molecule has 3 heterocycles. The van der Waals surface area contributed by atoms with Gasteiger partial charge in [-0.25, -0.2) is 4.98 Å². The summed E-state index contributed by atoms with van der Waals surface area (Å²) in [5.74, 6) is 0.805. The molecule has 0 N–H and O–H groups in total. The molecule has 0 amide bonds. The number of pyridine rings is 2. The van der Waals surface area contributed by atoms with Crippen LogP contribution in [0.5, 0.6) is 0 Å². The molecule has 0 unspecified atom stereocenters. The van der Waals surface area contributed by atoms with E-state index in [-0.39, 0.29) is 5.56 Å². The Bertz CT molecular complexity index is 1050. The third-order valence-electron chi connectivity index (χ3n) is 6.72. The minimum atomic E-state index is 0.142. The molecule has 1 aliphatic heterocycles. The maximum absolute atomic E-state index is 13.6. The lowest BCUT2D eigenvalue weighted by Gasteiger charge is -2.33. The van der Waals surface area contributed by atoms with Crippen LogP contribution in [-0.2, 0) is 19.5 Å². The molecule has 0 saturated heterocycles. The van der Waals surface area contributed by atoms with E-state index in [0.717, 1.165) is 54.1 Å². The van der Waals surface area contributed by atoms with E-state index >= 15 is 0 Å². The number of hydrogen-bond donors (Lipinski definition) is 0. The summed E-state index contributed by atoms with van der Waals surface area (Å²) in [5, 5.41) is 1.15. The fourth-order valence-electron chi connectivity index (χ4n) is 5.22. The number of rotatable bonds is 4. The van der Waals surface area contributed by atoms with Gasteiger partial charge in [0.25, 0.3) is 5.56 Å². The van der Waals surface area contributed by atoms with E-state index in [1.807, 2.05) is 28.8 Å². The van der Waals surface area contributed by atoms with Crippen molar-refractivity contribution in [2.24, 2.45) is 5.92 Å². The van der Waals surface area contributed by atoms with Crippen LogP contribution in [0.1, 0.15) is 48.8 Å². The summed E-state index contributed by atoms with van der Waals surface area (Å²) in [6, 6.07) is 14.4. The van der Waals surface area contributed by atoms with Crippen molar-refractivity contribution in [2.75, 3.05) is 13.1 Å². The Morgan fingerprint density at radius 3 is 2.62 bits per heavy atom. The first-order valence-corrected chi connectivity index (χ1v) is 11.0. The van der Waals surface area contributed by atoms with Crippen molar-refractivity contribution < 1.29 is 0 Å². The van der Waals surface area contributed by atoms with Crippen molar-refractivity contribution >= 4 is 11.0 Å². The zero-order valence-electron chi connectivity index (χ0n) is 17.0. The fraction of sp³-hybridized carbons (Fsp3) is 0.440. The Morgan fingerprint density at radius 2 is 1.79 bits per heavy atom. The molecule has 0 bridgehead atoms.